The van der Waals surface area contributed by atoms with E-state index in [-0.39, 0.29) is 16.6 Å². The molecular weight excluding hydrogens is 427 g/mol. The number of nitrogens with one attached hydrogen (secondary N) is 2. The van der Waals surface area contributed by atoms with Gasteiger partial charge < -0.3 is 20.3 Å². The molecule has 2 aromatic carbocycles. The fraction of sp³-hybridized carbons (Fsp3) is 0.227. The number of nitrogens with zero attached hydrogens (tertiary/aromatic N) is 1. The predicted octanol–water partition coefficient (Wildman–Crippen LogP) is 3.85. The van der Waals surface area contributed by atoms with Crippen molar-refractivity contribution in [3.8, 4) is 0 Å². The molecule has 0 saturated carbocycles. The summed E-state index contributed by atoms with van der Waals surface area (Å²) in [4.78, 5) is 40.9. The van der Waals surface area contributed by atoms with E-state index in [4.69, 9.17) is 0 Å². The number of aromatic nitrogens is 1. The van der Waals surface area contributed by atoms with E-state index in [1.54, 1.807) is 18.2 Å². The van der Waals surface area contributed by atoms with Gasteiger partial charge in [-0.15, -0.1) is 0 Å². The number of alkyl halides is 3. The van der Waals surface area contributed by atoms with Gasteiger partial charge >= 0.3 is 12.1 Å². The Morgan fingerprint density at radius 1 is 1.16 bits per heavy atom. The lowest BCUT2D eigenvalue weighted by Crippen LogP contribution is -2.36. The Morgan fingerprint density at radius 2 is 1.91 bits per heavy atom. The van der Waals surface area contributed by atoms with Crippen molar-refractivity contribution >= 4 is 34.2 Å². The molecule has 10 heteroatoms. The van der Waals surface area contributed by atoms with E-state index in [0.29, 0.717) is 24.9 Å². The van der Waals surface area contributed by atoms with E-state index < -0.39 is 40.8 Å². The van der Waals surface area contributed by atoms with Gasteiger partial charge in [-0.3, -0.25) is 9.59 Å². The molecule has 0 spiro atoms. The molecule has 32 heavy (non-hydrogen) atoms. The number of carboxylic acid groups (broad SMARTS) is 1. The summed E-state index contributed by atoms with van der Waals surface area (Å²) in [6.45, 7) is 0.312. The van der Waals surface area contributed by atoms with Crippen molar-refractivity contribution in [2.75, 3.05) is 16.8 Å². The van der Waals surface area contributed by atoms with Crippen LogP contribution in [-0.4, -0.2) is 34.6 Å². The molecule has 1 aliphatic heterocycles. The molecule has 166 valence electrons. The van der Waals surface area contributed by atoms with Gasteiger partial charge in [-0.05, 0) is 43.2 Å². The lowest BCUT2D eigenvalue weighted by atomic mass is 10.1. The van der Waals surface area contributed by atoms with Crippen LogP contribution < -0.4 is 15.6 Å². The Balaban J connectivity index is 1.69. The average Bonchev–Trinajstić information content (AvgIpc) is 3.24. The van der Waals surface area contributed by atoms with E-state index in [1.807, 2.05) is 0 Å². The molecule has 1 fully saturated rings. The van der Waals surface area contributed by atoms with Crippen LogP contribution in [0.4, 0.5) is 24.5 Å². The number of carbonyl (C=O) groups is 2. The number of pyridine rings is 1. The number of para-hydroxylation sites is 1. The van der Waals surface area contributed by atoms with E-state index >= 15 is 0 Å². The van der Waals surface area contributed by atoms with Crippen LogP contribution in [0.2, 0.25) is 0 Å². The number of aliphatic carboxylic acids is 1. The molecule has 3 N–H and O–H groups in total. The standard InChI is InChI=1S/C22H18F3N3O4/c23-22(24,25)15-10-12(28-9-3-6-18(28)21(31)32)7-8-17(15)27-20(30)14-11-26-16-5-2-1-4-13(16)19(14)29/h1-2,4-5,7-8,10-11,18H,3,6,9H2,(H,26,29)(H,27,30)(H,31,32)/t18-/m1/s1. The Kier molecular flexibility index (Phi) is 5.37. The van der Waals surface area contributed by atoms with Gasteiger partial charge in [0.2, 0.25) is 5.43 Å². The zero-order valence-corrected chi connectivity index (χ0v) is 16.6. The molecule has 4 rings (SSSR count). The Labute approximate surface area is 179 Å². The van der Waals surface area contributed by atoms with E-state index in [0.717, 1.165) is 18.3 Å². The monoisotopic (exact) mass is 445 g/mol. The van der Waals surface area contributed by atoms with Crippen molar-refractivity contribution in [1.29, 1.82) is 0 Å². The highest BCUT2D eigenvalue weighted by atomic mass is 19.4. The summed E-state index contributed by atoms with van der Waals surface area (Å²) >= 11 is 0. The molecule has 0 aliphatic carbocycles. The third-order valence-corrected chi connectivity index (χ3v) is 5.46. The largest absolute Gasteiger partial charge is 0.480 e. The second-order valence-corrected chi connectivity index (χ2v) is 7.45. The van der Waals surface area contributed by atoms with Crippen LogP contribution in [0.1, 0.15) is 28.8 Å². The molecule has 1 aromatic heterocycles. The van der Waals surface area contributed by atoms with Crippen molar-refractivity contribution in [3.63, 3.8) is 0 Å². The maximum Gasteiger partial charge on any atom is 0.418 e. The number of carboxylic acids is 1. The minimum atomic E-state index is -4.81. The molecule has 1 amide bonds. The summed E-state index contributed by atoms with van der Waals surface area (Å²) in [5.74, 6) is -2.09. The predicted molar refractivity (Wildman–Crippen MR) is 112 cm³/mol. The lowest BCUT2D eigenvalue weighted by Gasteiger charge is -2.25. The second kappa shape index (κ2) is 8.03. The van der Waals surface area contributed by atoms with Crippen LogP contribution in [0.25, 0.3) is 10.9 Å². The zero-order chi connectivity index (χ0) is 23.0. The molecule has 2 heterocycles. The summed E-state index contributed by atoms with van der Waals surface area (Å²) in [6, 6.07) is 8.78. The first-order chi connectivity index (χ1) is 15.2. The molecular formula is C22H18F3N3O4. The highest BCUT2D eigenvalue weighted by Gasteiger charge is 2.37. The van der Waals surface area contributed by atoms with Crippen LogP contribution in [0.3, 0.4) is 0 Å². The zero-order valence-electron chi connectivity index (χ0n) is 16.6. The van der Waals surface area contributed by atoms with Crippen LogP contribution in [0.15, 0.2) is 53.5 Å². The fourth-order valence-electron chi connectivity index (χ4n) is 3.91. The van der Waals surface area contributed by atoms with Gasteiger partial charge in [0.25, 0.3) is 5.91 Å². The summed E-state index contributed by atoms with van der Waals surface area (Å²) < 4.78 is 41.3. The molecule has 1 saturated heterocycles. The van der Waals surface area contributed by atoms with Crippen LogP contribution >= 0.6 is 0 Å². The number of rotatable bonds is 4. The van der Waals surface area contributed by atoms with Crippen LogP contribution in [-0.2, 0) is 11.0 Å². The fourth-order valence-corrected chi connectivity index (χ4v) is 3.91. The lowest BCUT2D eigenvalue weighted by molar-refractivity contribution is -0.138. The van der Waals surface area contributed by atoms with Gasteiger partial charge in [-0.1, -0.05) is 12.1 Å². The maximum atomic E-state index is 13.8. The number of halogens is 3. The Hall–Kier alpha value is -3.82. The summed E-state index contributed by atoms with van der Waals surface area (Å²) in [7, 11) is 0. The number of hydrogen-bond acceptors (Lipinski definition) is 4. The van der Waals surface area contributed by atoms with Crippen LogP contribution in [0.5, 0.6) is 0 Å². The average molecular weight is 445 g/mol. The SMILES string of the molecule is O=C(Nc1ccc(N2CCC[C@@H]2C(=O)O)cc1C(F)(F)F)c1c[nH]c2ccccc2c1=O. The molecule has 3 aromatic rings. The van der Waals surface area contributed by atoms with Crippen molar-refractivity contribution in [2.24, 2.45) is 0 Å². The second-order valence-electron chi connectivity index (χ2n) is 7.45. The first-order valence-corrected chi connectivity index (χ1v) is 9.79. The van der Waals surface area contributed by atoms with E-state index in [2.05, 4.69) is 10.3 Å². The highest BCUT2D eigenvalue weighted by Crippen LogP contribution is 2.39. The number of aromatic amines is 1. The Bertz CT molecular complexity index is 1270. The number of fused-ring (bicyclic) bond motifs is 1. The minimum Gasteiger partial charge on any atom is -0.480 e. The van der Waals surface area contributed by atoms with Crippen molar-refractivity contribution < 1.29 is 27.9 Å². The topological polar surface area (TPSA) is 102 Å². The quantitative estimate of drug-likeness (QED) is 0.566. The third-order valence-electron chi connectivity index (χ3n) is 5.46. The molecule has 7 nitrogen and oxygen atoms in total. The normalized spacial score (nSPS) is 16.3. The third kappa shape index (κ3) is 3.91. The van der Waals surface area contributed by atoms with E-state index in [1.165, 1.54) is 17.0 Å². The molecule has 0 bridgehead atoms. The highest BCUT2D eigenvalue weighted by molar-refractivity contribution is 6.06. The van der Waals surface area contributed by atoms with Crippen LogP contribution in [0, 0.1) is 0 Å². The minimum absolute atomic E-state index is 0.101. The van der Waals surface area contributed by atoms with Gasteiger partial charge in [-0.2, -0.15) is 13.2 Å². The first-order valence-electron chi connectivity index (χ1n) is 9.79. The Morgan fingerprint density at radius 3 is 2.62 bits per heavy atom. The van der Waals surface area contributed by atoms with Gasteiger partial charge in [-0.25, -0.2) is 4.79 Å². The van der Waals surface area contributed by atoms with Gasteiger partial charge in [0.05, 0.1) is 11.3 Å². The number of hydrogen-bond donors (Lipinski definition) is 3. The molecule has 0 radical (unpaired) electrons. The summed E-state index contributed by atoms with van der Waals surface area (Å²) in [5.41, 5.74) is -1.99. The smallest absolute Gasteiger partial charge is 0.418 e. The first kappa shape index (κ1) is 21.4. The maximum absolute atomic E-state index is 13.8. The number of carbonyl (C=O) groups excluding carboxylic acids is 1. The molecule has 0 unspecified atom stereocenters. The van der Waals surface area contributed by atoms with Gasteiger partial charge in [0, 0.05) is 29.3 Å². The number of anilines is 2. The number of H-pyrrole nitrogens is 1. The van der Waals surface area contributed by atoms with Crippen molar-refractivity contribution in [3.05, 3.63) is 70.0 Å². The molecule has 1 aliphatic rings. The van der Waals surface area contributed by atoms with Crippen molar-refractivity contribution in [2.45, 2.75) is 25.1 Å². The number of amides is 1. The van der Waals surface area contributed by atoms with E-state index in [9.17, 15) is 32.7 Å². The summed E-state index contributed by atoms with van der Waals surface area (Å²) in [5, 5.41) is 11.7. The molecule has 1 atom stereocenters. The van der Waals surface area contributed by atoms with Gasteiger partial charge in [0.15, 0.2) is 0 Å². The van der Waals surface area contributed by atoms with Crippen molar-refractivity contribution in [1.82, 2.24) is 4.98 Å². The summed E-state index contributed by atoms with van der Waals surface area (Å²) in [6.07, 6.45) is -2.78. The van der Waals surface area contributed by atoms with Gasteiger partial charge in [0.1, 0.15) is 11.6 Å². The number of benzene rings is 2.